The molecule has 0 saturated carbocycles. The van der Waals surface area contributed by atoms with Crippen LogP contribution in [0.2, 0.25) is 0 Å². The minimum absolute atomic E-state index is 0.0849. The molecule has 2 rings (SSSR count). The van der Waals surface area contributed by atoms with Crippen molar-refractivity contribution in [3.05, 3.63) is 45.6 Å². The molecule has 1 aliphatic rings. The van der Waals surface area contributed by atoms with Crippen LogP contribution in [-0.2, 0) is 14.3 Å². The van der Waals surface area contributed by atoms with Crippen molar-refractivity contribution >= 4 is 27.8 Å². The van der Waals surface area contributed by atoms with Crippen molar-refractivity contribution in [2.75, 3.05) is 0 Å². The SMILES string of the molecule is CCC(C)OC(=O)C1=C(C)NC(=O)CC1c1ccccc1Br. The van der Waals surface area contributed by atoms with Crippen molar-refractivity contribution in [1.82, 2.24) is 5.32 Å². The molecule has 5 heteroatoms. The van der Waals surface area contributed by atoms with Crippen LogP contribution in [0.3, 0.4) is 0 Å². The van der Waals surface area contributed by atoms with Crippen molar-refractivity contribution in [3.8, 4) is 0 Å². The van der Waals surface area contributed by atoms with Gasteiger partial charge in [-0.05, 0) is 31.9 Å². The molecule has 22 heavy (non-hydrogen) atoms. The standard InChI is InChI=1S/C17H20BrNO3/c1-4-10(2)22-17(21)16-11(3)19-15(20)9-13(16)12-7-5-6-8-14(12)18/h5-8,10,13H,4,9H2,1-3H3,(H,19,20). The Morgan fingerprint density at radius 1 is 1.45 bits per heavy atom. The van der Waals surface area contributed by atoms with Crippen LogP contribution < -0.4 is 5.32 Å². The van der Waals surface area contributed by atoms with Gasteiger partial charge < -0.3 is 10.1 Å². The fourth-order valence-electron chi connectivity index (χ4n) is 2.52. The number of esters is 1. The van der Waals surface area contributed by atoms with Gasteiger partial charge in [0.15, 0.2) is 0 Å². The van der Waals surface area contributed by atoms with Crippen LogP contribution in [0.4, 0.5) is 0 Å². The molecular formula is C17H20BrNO3. The van der Waals surface area contributed by atoms with Gasteiger partial charge in [0.05, 0.1) is 11.7 Å². The third-order valence-electron chi connectivity index (χ3n) is 3.85. The number of carbonyl (C=O) groups excluding carboxylic acids is 2. The summed E-state index contributed by atoms with van der Waals surface area (Å²) in [6.45, 7) is 5.57. The Labute approximate surface area is 139 Å². The Morgan fingerprint density at radius 2 is 2.14 bits per heavy atom. The minimum Gasteiger partial charge on any atom is -0.459 e. The normalized spacial score (nSPS) is 19.6. The average Bonchev–Trinajstić information content (AvgIpc) is 2.46. The largest absolute Gasteiger partial charge is 0.459 e. The van der Waals surface area contributed by atoms with E-state index in [1.807, 2.05) is 38.1 Å². The molecule has 1 aliphatic heterocycles. The fraction of sp³-hybridized carbons (Fsp3) is 0.412. The number of hydrogen-bond acceptors (Lipinski definition) is 3. The quantitative estimate of drug-likeness (QED) is 0.828. The van der Waals surface area contributed by atoms with Crippen molar-refractivity contribution in [2.45, 2.75) is 45.6 Å². The molecule has 0 radical (unpaired) electrons. The predicted molar refractivity (Wildman–Crippen MR) is 88.2 cm³/mol. The first-order chi connectivity index (χ1) is 10.4. The first-order valence-electron chi connectivity index (χ1n) is 7.40. The summed E-state index contributed by atoms with van der Waals surface area (Å²) in [7, 11) is 0. The van der Waals surface area contributed by atoms with E-state index in [0.717, 1.165) is 16.5 Å². The molecule has 2 atom stereocenters. The molecule has 0 fully saturated rings. The van der Waals surface area contributed by atoms with Crippen LogP contribution in [0.5, 0.6) is 0 Å². The Morgan fingerprint density at radius 3 is 2.77 bits per heavy atom. The fourth-order valence-corrected chi connectivity index (χ4v) is 3.09. The van der Waals surface area contributed by atoms with Gasteiger partial charge in [0.1, 0.15) is 0 Å². The van der Waals surface area contributed by atoms with Gasteiger partial charge in [-0.2, -0.15) is 0 Å². The monoisotopic (exact) mass is 365 g/mol. The van der Waals surface area contributed by atoms with Gasteiger partial charge >= 0.3 is 5.97 Å². The highest BCUT2D eigenvalue weighted by atomic mass is 79.9. The van der Waals surface area contributed by atoms with Gasteiger partial charge in [0.25, 0.3) is 0 Å². The Bertz CT molecular complexity index is 624. The van der Waals surface area contributed by atoms with Crippen LogP contribution in [0.25, 0.3) is 0 Å². The summed E-state index contributed by atoms with van der Waals surface area (Å²) in [5.74, 6) is -0.730. The summed E-state index contributed by atoms with van der Waals surface area (Å²) in [4.78, 5) is 24.4. The maximum Gasteiger partial charge on any atom is 0.336 e. The highest BCUT2D eigenvalue weighted by Crippen LogP contribution is 2.37. The number of rotatable bonds is 4. The van der Waals surface area contributed by atoms with Gasteiger partial charge in [-0.1, -0.05) is 41.1 Å². The first kappa shape index (κ1) is 16.7. The van der Waals surface area contributed by atoms with Crippen molar-refractivity contribution in [2.24, 2.45) is 0 Å². The van der Waals surface area contributed by atoms with E-state index in [9.17, 15) is 9.59 Å². The maximum atomic E-state index is 12.5. The number of allylic oxidation sites excluding steroid dienone is 1. The van der Waals surface area contributed by atoms with E-state index in [4.69, 9.17) is 4.74 Å². The topological polar surface area (TPSA) is 55.4 Å². The van der Waals surface area contributed by atoms with Crippen LogP contribution in [0.15, 0.2) is 40.0 Å². The Kier molecular flexibility index (Phi) is 5.40. The number of benzene rings is 1. The predicted octanol–water partition coefficient (Wildman–Crippen LogP) is 3.67. The van der Waals surface area contributed by atoms with E-state index in [-0.39, 0.29) is 30.3 Å². The van der Waals surface area contributed by atoms with Gasteiger partial charge in [0, 0.05) is 22.5 Å². The lowest BCUT2D eigenvalue weighted by Crippen LogP contribution is -2.35. The van der Waals surface area contributed by atoms with Gasteiger partial charge in [0.2, 0.25) is 5.91 Å². The molecule has 2 unspecified atom stereocenters. The summed E-state index contributed by atoms with van der Waals surface area (Å²) in [5, 5.41) is 2.75. The highest BCUT2D eigenvalue weighted by molar-refractivity contribution is 9.10. The molecule has 0 aromatic heterocycles. The molecule has 1 aromatic rings. The summed E-state index contributed by atoms with van der Waals surface area (Å²) < 4.78 is 6.36. The molecule has 0 saturated heterocycles. The number of carbonyl (C=O) groups is 2. The van der Waals surface area contributed by atoms with Crippen LogP contribution in [-0.4, -0.2) is 18.0 Å². The molecule has 0 aliphatic carbocycles. The second-order valence-electron chi connectivity index (χ2n) is 5.49. The third-order valence-corrected chi connectivity index (χ3v) is 4.57. The Balaban J connectivity index is 2.41. The molecular weight excluding hydrogens is 346 g/mol. The van der Waals surface area contributed by atoms with E-state index in [1.165, 1.54) is 0 Å². The van der Waals surface area contributed by atoms with Crippen molar-refractivity contribution in [3.63, 3.8) is 0 Å². The third kappa shape index (κ3) is 3.58. The zero-order valence-corrected chi connectivity index (χ0v) is 14.6. The zero-order chi connectivity index (χ0) is 16.3. The summed E-state index contributed by atoms with van der Waals surface area (Å²) >= 11 is 3.51. The van der Waals surface area contributed by atoms with Crippen LogP contribution >= 0.6 is 15.9 Å². The maximum absolute atomic E-state index is 12.5. The first-order valence-corrected chi connectivity index (χ1v) is 8.19. The lowest BCUT2D eigenvalue weighted by molar-refractivity contribution is -0.144. The van der Waals surface area contributed by atoms with Gasteiger partial charge in [-0.3, -0.25) is 4.79 Å². The number of amides is 1. The molecule has 0 bridgehead atoms. The molecule has 1 amide bonds. The summed E-state index contributed by atoms with van der Waals surface area (Å²) in [6, 6.07) is 7.65. The summed E-state index contributed by atoms with van der Waals surface area (Å²) in [6.07, 6.45) is 0.847. The average molecular weight is 366 g/mol. The number of nitrogens with one attached hydrogen (secondary N) is 1. The second-order valence-corrected chi connectivity index (χ2v) is 6.34. The van der Waals surface area contributed by atoms with Crippen molar-refractivity contribution in [1.29, 1.82) is 0 Å². The number of hydrogen-bond donors (Lipinski definition) is 1. The molecule has 0 spiro atoms. The second kappa shape index (κ2) is 7.09. The molecule has 118 valence electrons. The van der Waals surface area contributed by atoms with Crippen molar-refractivity contribution < 1.29 is 14.3 Å². The van der Waals surface area contributed by atoms with E-state index < -0.39 is 0 Å². The smallest absolute Gasteiger partial charge is 0.336 e. The van der Waals surface area contributed by atoms with E-state index in [1.54, 1.807) is 6.92 Å². The van der Waals surface area contributed by atoms with E-state index >= 15 is 0 Å². The Hall–Kier alpha value is -1.62. The minimum atomic E-state index is -0.354. The van der Waals surface area contributed by atoms with Gasteiger partial charge in [-0.15, -0.1) is 0 Å². The molecule has 1 heterocycles. The zero-order valence-electron chi connectivity index (χ0n) is 13.0. The molecule has 1 aromatic carbocycles. The summed E-state index contributed by atoms with van der Waals surface area (Å²) in [5.41, 5.74) is 2.03. The van der Waals surface area contributed by atoms with Crippen LogP contribution in [0.1, 0.15) is 45.1 Å². The lowest BCUT2D eigenvalue weighted by Gasteiger charge is -2.28. The highest BCUT2D eigenvalue weighted by Gasteiger charge is 2.34. The molecule has 4 nitrogen and oxygen atoms in total. The van der Waals surface area contributed by atoms with Gasteiger partial charge in [-0.25, -0.2) is 4.79 Å². The lowest BCUT2D eigenvalue weighted by atomic mass is 9.84. The van der Waals surface area contributed by atoms with Crippen LogP contribution in [0, 0.1) is 0 Å². The number of halogens is 1. The number of ether oxygens (including phenoxy) is 1. The van der Waals surface area contributed by atoms with E-state index in [2.05, 4.69) is 21.2 Å². The molecule has 1 N–H and O–H groups in total. The van der Waals surface area contributed by atoms with E-state index in [0.29, 0.717) is 11.3 Å².